The van der Waals surface area contributed by atoms with Gasteiger partial charge < -0.3 is 4.74 Å². The normalized spacial score (nSPS) is 37.2. The van der Waals surface area contributed by atoms with Gasteiger partial charge >= 0.3 is 0 Å². The molecule has 3 unspecified atom stereocenters. The largest absolute Gasteiger partial charge is 0.494 e. The van der Waals surface area contributed by atoms with Crippen LogP contribution in [0.1, 0.15) is 63.0 Å². The highest BCUT2D eigenvalue weighted by atomic mass is 19.1. The quantitative estimate of drug-likeness (QED) is 0.610. The number of rotatable bonds is 1. The summed E-state index contributed by atoms with van der Waals surface area (Å²) in [7, 11) is 1.57. The lowest BCUT2D eigenvalue weighted by Crippen LogP contribution is -2.40. The second kappa shape index (κ2) is 5.36. The number of methoxy groups -OCH3 is 1. The van der Waals surface area contributed by atoms with Crippen LogP contribution < -0.4 is 4.74 Å². The molecule has 0 radical (unpaired) electrons. The van der Waals surface area contributed by atoms with E-state index in [4.69, 9.17) is 4.74 Å². The first-order valence-electron chi connectivity index (χ1n) is 9.10. The van der Waals surface area contributed by atoms with Crippen LogP contribution in [-0.2, 0) is 6.42 Å². The molecule has 2 saturated carbocycles. The number of ether oxygens (including phenoxy) is 1. The summed E-state index contributed by atoms with van der Waals surface area (Å²) in [6.45, 7) is 4.70. The zero-order valence-electron chi connectivity index (χ0n) is 14.5. The lowest BCUT2D eigenvalue weighted by atomic mass is 9.55. The molecule has 4 rings (SSSR count). The number of halogens is 1. The molecule has 124 valence electrons. The van der Waals surface area contributed by atoms with Gasteiger partial charge in [0.2, 0.25) is 0 Å². The molecule has 3 aliphatic carbocycles. The van der Waals surface area contributed by atoms with Gasteiger partial charge in [0.15, 0.2) is 11.6 Å². The molecule has 0 aromatic heterocycles. The third-order valence-corrected chi connectivity index (χ3v) is 7.19. The minimum absolute atomic E-state index is 0.206. The first-order chi connectivity index (χ1) is 11.1. The van der Waals surface area contributed by atoms with Crippen LogP contribution >= 0.6 is 0 Å². The molecule has 2 fully saturated rings. The second-order valence-corrected chi connectivity index (χ2v) is 7.91. The summed E-state index contributed by atoms with van der Waals surface area (Å²) in [6, 6.07) is 3.72. The van der Waals surface area contributed by atoms with E-state index in [0.29, 0.717) is 17.1 Å². The van der Waals surface area contributed by atoms with Crippen molar-refractivity contribution in [3.63, 3.8) is 0 Å². The number of fused-ring (bicyclic) bond motifs is 5. The highest BCUT2D eigenvalue weighted by molar-refractivity contribution is 5.42. The summed E-state index contributed by atoms with van der Waals surface area (Å²) >= 11 is 0. The van der Waals surface area contributed by atoms with Crippen LogP contribution in [0.25, 0.3) is 0 Å². The van der Waals surface area contributed by atoms with E-state index in [9.17, 15) is 4.39 Å². The standard InChI is InChI=1S/C21H27FO/c1-4-14-6-8-18-16-7-5-13-11-19(22)20(23-3)12-17(13)15(16)9-10-21(14,18)2/h4,11-12,15-16,18H,5-10H2,1-3H3/t15?,16?,18?,21-/m1/s1. The Morgan fingerprint density at radius 1 is 1.22 bits per heavy atom. The molecular formula is C21H27FO. The smallest absolute Gasteiger partial charge is 0.165 e. The highest BCUT2D eigenvalue weighted by Crippen LogP contribution is 2.62. The molecule has 3 aliphatic rings. The summed E-state index contributed by atoms with van der Waals surface area (Å²) < 4.78 is 19.3. The fourth-order valence-electron chi connectivity index (χ4n) is 6.05. The number of hydrogen-bond donors (Lipinski definition) is 0. The van der Waals surface area contributed by atoms with Crippen molar-refractivity contribution < 1.29 is 9.13 Å². The van der Waals surface area contributed by atoms with E-state index in [1.54, 1.807) is 18.7 Å². The van der Waals surface area contributed by atoms with E-state index in [1.165, 1.54) is 43.2 Å². The Balaban J connectivity index is 1.73. The van der Waals surface area contributed by atoms with Gasteiger partial charge in [-0.05, 0) is 91.9 Å². The van der Waals surface area contributed by atoms with Gasteiger partial charge in [0.1, 0.15) is 0 Å². The zero-order chi connectivity index (χ0) is 16.2. The minimum atomic E-state index is -0.206. The van der Waals surface area contributed by atoms with Gasteiger partial charge in [-0.2, -0.15) is 0 Å². The van der Waals surface area contributed by atoms with Gasteiger partial charge in [-0.1, -0.05) is 18.6 Å². The molecule has 1 aromatic carbocycles. The van der Waals surface area contributed by atoms with Gasteiger partial charge in [-0.15, -0.1) is 0 Å². The van der Waals surface area contributed by atoms with Crippen molar-refractivity contribution in [3.05, 3.63) is 40.7 Å². The van der Waals surface area contributed by atoms with Crippen molar-refractivity contribution in [1.29, 1.82) is 0 Å². The zero-order valence-corrected chi connectivity index (χ0v) is 14.5. The van der Waals surface area contributed by atoms with Gasteiger partial charge in [-0.3, -0.25) is 0 Å². The van der Waals surface area contributed by atoms with Crippen molar-refractivity contribution in [2.24, 2.45) is 17.3 Å². The predicted octanol–water partition coefficient (Wildman–Crippen LogP) is 5.64. The molecule has 23 heavy (non-hydrogen) atoms. The van der Waals surface area contributed by atoms with Crippen molar-refractivity contribution in [3.8, 4) is 5.75 Å². The fraction of sp³-hybridized carbons (Fsp3) is 0.619. The minimum Gasteiger partial charge on any atom is -0.494 e. The molecule has 1 nitrogen and oxygen atoms in total. The number of allylic oxidation sites excluding steroid dienone is 2. The molecule has 0 saturated heterocycles. The molecule has 0 bridgehead atoms. The van der Waals surface area contributed by atoms with Gasteiger partial charge in [0.25, 0.3) is 0 Å². The highest BCUT2D eigenvalue weighted by Gasteiger charge is 2.52. The monoisotopic (exact) mass is 314 g/mol. The van der Waals surface area contributed by atoms with Crippen molar-refractivity contribution in [2.75, 3.05) is 7.11 Å². The number of hydrogen-bond acceptors (Lipinski definition) is 1. The molecule has 0 N–H and O–H groups in total. The van der Waals surface area contributed by atoms with E-state index in [2.05, 4.69) is 19.9 Å². The van der Waals surface area contributed by atoms with Crippen LogP contribution in [0.2, 0.25) is 0 Å². The maximum atomic E-state index is 14.0. The average Bonchev–Trinajstić information content (AvgIpc) is 2.90. The lowest BCUT2D eigenvalue weighted by molar-refractivity contribution is 0.0811. The van der Waals surface area contributed by atoms with Gasteiger partial charge in [0, 0.05) is 0 Å². The van der Waals surface area contributed by atoms with Crippen molar-refractivity contribution in [1.82, 2.24) is 0 Å². The van der Waals surface area contributed by atoms with Crippen molar-refractivity contribution in [2.45, 2.75) is 58.3 Å². The Hall–Kier alpha value is -1.31. The van der Waals surface area contributed by atoms with Crippen LogP contribution in [0, 0.1) is 23.1 Å². The Kier molecular flexibility index (Phi) is 3.55. The Morgan fingerprint density at radius 2 is 2.04 bits per heavy atom. The molecule has 2 heteroatoms. The predicted molar refractivity (Wildman–Crippen MR) is 91.3 cm³/mol. The van der Waals surface area contributed by atoms with Crippen LogP contribution in [0.5, 0.6) is 5.75 Å². The second-order valence-electron chi connectivity index (χ2n) is 7.91. The van der Waals surface area contributed by atoms with E-state index >= 15 is 0 Å². The molecule has 4 atom stereocenters. The third kappa shape index (κ3) is 2.10. The SMILES string of the molecule is CC=C1CCC2C3CCc4cc(F)c(OC)cc4C3CC[C@]12C. The average molecular weight is 314 g/mol. The van der Waals surface area contributed by atoms with Crippen LogP contribution in [0.15, 0.2) is 23.8 Å². The first kappa shape index (κ1) is 15.2. The molecule has 0 spiro atoms. The van der Waals surface area contributed by atoms with Crippen LogP contribution in [0.3, 0.4) is 0 Å². The van der Waals surface area contributed by atoms with E-state index in [-0.39, 0.29) is 5.82 Å². The van der Waals surface area contributed by atoms with E-state index in [0.717, 1.165) is 18.3 Å². The Morgan fingerprint density at radius 3 is 2.78 bits per heavy atom. The molecule has 0 amide bonds. The lowest BCUT2D eigenvalue weighted by Gasteiger charge is -2.49. The number of benzene rings is 1. The van der Waals surface area contributed by atoms with E-state index in [1.807, 2.05) is 6.07 Å². The summed E-state index contributed by atoms with van der Waals surface area (Å²) in [5.74, 6) is 2.37. The molecular weight excluding hydrogens is 287 g/mol. The summed E-state index contributed by atoms with van der Waals surface area (Å²) in [5, 5.41) is 0. The summed E-state index contributed by atoms with van der Waals surface area (Å²) in [4.78, 5) is 0. The van der Waals surface area contributed by atoms with Crippen LogP contribution in [-0.4, -0.2) is 7.11 Å². The van der Waals surface area contributed by atoms with Crippen molar-refractivity contribution >= 4 is 0 Å². The van der Waals surface area contributed by atoms with Gasteiger partial charge in [0.05, 0.1) is 7.11 Å². The maximum Gasteiger partial charge on any atom is 0.165 e. The summed E-state index contributed by atoms with van der Waals surface area (Å²) in [5.41, 5.74) is 4.69. The topological polar surface area (TPSA) is 9.23 Å². The molecule has 0 heterocycles. The maximum absolute atomic E-state index is 14.0. The molecule has 1 aromatic rings. The van der Waals surface area contributed by atoms with Gasteiger partial charge in [-0.25, -0.2) is 4.39 Å². The number of aryl methyl sites for hydroxylation is 1. The van der Waals surface area contributed by atoms with E-state index < -0.39 is 0 Å². The van der Waals surface area contributed by atoms with Crippen LogP contribution in [0.4, 0.5) is 4.39 Å². The fourth-order valence-corrected chi connectivity index (χ4v) is 6.05. The summed E-state index contributed by atoms with van der Waals surface area (Å²) in [6.07, 6.45) is 9.74. The third-order valence-electron chi connectivity index (χ3n) is 7.19. The Labute approximate surface area is 138 Å². The Bertz CT molecular complexity index is 662. The molecule has 0 aliphatic heterocycles. The first-order valence-corrected chi connectivity index (χ1v) is 9.10.